The van der Waals surface area contributed by atoms with Gasteiger partial charge in [-0.15, -0.1) is 0 Å². The topological polar surface area (TPSA) is 16.4 Å². The molecule has 0 aliphatic heterocycles. The molecular formula is C63H45NO. The molecule has 12 rings (SSSR count). The summed E-state index contributed by atoms with van der Waals surface area (Å²) in [5, 5.41) is 2.26. The van der Waals surface area contributed by atoms with Crippen molar-refractivity contribution in [3.8, 4) is 66.8 Å². The quantitative estimate of drug-likeness (QED) is 0.152. The van der Waals surface area contributed by atoms with E-state index in [1.807, 2.05) is 6.07 Å². The van der Waals surface area contributed by atoms with Crippen molar-refractivity contribution in [3.05, 3.63) is 248 Å². The van der Waals surface area contributed by atoms with E-state index in [0.29, 0.717) is 0 Å². The Kier molecular flexibility index (Phi) is 9.21. The molecule has 2 heteroatoms. The first-order chi connectivity index (χ1) is 32.0. The lowest BCUT2D eigenvalue weighted by molar-refractivity contribution is 0.662. The molecule has 0 spiro atoms. The predicted octanol–water partition coefficient (Wildman–Crippen LogP) is 17.7. The maximum absolute atomic E-state index is 6.51. The van der Waals surface area contributed by atoms with E-state index in [0.717, 1.165) is 55.7 Å². The first-order valence-corrected chi connectivity index (χ1v) is 22.5. The molecule has 1 aliphatic carbocycles. The van der Waals surface area contributed by atoms with Crippen molar-refractivity contribution < 1.29 is 4.42 Å². The lowest BCUT2D eigenvalue weighted by atomic mass is 9.77. The normalized spacial score (nSPS) is 12.6. The number of para-hydroxylation sites is 2. The van der Waals surface area contributed by atoms with Gasteiger partial charge in [0.2, 0.25) is 0 Å². The van der Waals surface area contributed by atoms with Crippen molar-refractivity contribution >= 4 is 39.0 Å². The number of hydrogen-bond acceptors (Lipinski definition) is 2. The number of nitrogens with zero attached hydrogens (tertiary/aromatic N) is 1. The highest BCUT2D eigenvalue weighted by atomic mass is 16.3. The average Bonchev–Trinajstić information content (AvgIpc) is 3.86. The summed E-state index contributed by atoms with van der Waals surface area (Å²) >= 11 is 0. The van der Waals surface area contributed by atoms with Crippen LogP contribution in [0.5, 0.6) is 0 Å². The molecule has 2 nitrogen and oxygen atoms in total. The monoisotopic (exact) mass is 831 g/mol. The van der Waals surface area contributed by atoms with Crippen LogP contribution in [-0.4, -0.2) is 0 Å². The minimum atomic E-state index is -0.313. The molecule has 0 fully saturated rings. The van der Waals surface area contributed by atoms with E-state index in [1.165, 1.54) is 61.2 Å². The summed E-state index contributed by atoms with van der Waals surface area (Å²) in [7, 11) is 0. The number of anilines is 3. The van der Waals surface area contributed by atoms with Crippen molar-refractivity contribution in [1.82, 2.24) is 0 Å². The first kappa shape index (κ1) is 38.5. The van der Waals surface area contributed by atoms with Gasteiger partial charge in [-0.2, -0.15) is 0 Å². The van der Waals surface area contributed by atoms with Crippen molar-refractivity contribution in [3.63, 3.8) is 0 Å². The third-order valence-corrected chi connectivity index (χ3v) is 13.5. The molecule has 1 heterocycles. The Hall–Kier alpha value is -8.20. The summed E-state index contributed by atoms with van der Waals surface area (Å²) in [5.74, 6) is 0. The fourth-order valence-corrected chi connectivity index (χ4v) is 10.3. The highest BCUT2D eigenvalue weighted by Gasteiger charge is 2.40. The van der Waals surface area contributed by atoms with E-state index in [1.54, 1.807) is 0 Å². The summed E-state index contributed by atoms with van der Waals surface area (Å²) < 4.78 is 6.51. The van der Waals surface area contributed by atoms with Gasteiger partial charge in [-0.1, -0.05) is 196 Å². The molecule has 0 atom stereocenters. The molecule has 0 radical (unpaired) electrons. The van der Waals surface area contributed by atoms with E-state index < -0.39 is 0 Å². The van der Waals surface area contributed by atoms with Gasteiger partial charge < -0.3 is 9.32 Å². The summed E-state index contributed by atoms with van der Waals surface area (Å²) in [4.78, 5) is 2.45. The van der Waals surface area contributed by atoms with Crippen molar-refractivity contribution in [2.24, 2.45) is 0 Å². The Balaban J connectivity index is 1.08. The van der Waals surface area contributed by atoms with E-state index in [-0.39, 0.29) is 5.41 Å². The molecule has 0 saturated heterocycles. The van der Waals surface area contributed by atoms with Crippen molar-refractivity contribution in [1.29, 1.82) is 0 Å². The van der Waals surface area contributed by atoms with Gasteiger partial charge in [-0.3, -0.25) is 0 Å². The van der Waals surface area contributed by atoms with Crippen LogP contribution in [-0.2, 0) is 5.41 Å². The second kappa shape index (κ2) is 15.6. The summed E-state index contributed by atoms with van der Waals surface area (Å²) in [6.45, 7) is 4.81. The molecule has 0 saturated carbocycles. The SMILES string of the molecule is CC1(C)c2cc(N(c3ccc(-c4ccccc4)cc3)c3ccc(-c4cccc5c4oc4ccccc45)cc3)c(-c3ccccc3)cc2-c2cc(-c3ccccc3)cc(-c3ccccc3)c21. The molecule has 0 N–H and O–H groups in total. The van der Waals surface area contributed by atoms with E-state index in [2.05, 4.69) is 249 Å². The summed E-state index contributed by atoms with van der Waals surface area (Å²) in [5.41, 5.74) is 21.8. The summed E-state index contributed by atoms with van der Waals surface area (Å²) in [6.07, 6.45) is 0. The van der Waals surface area contributed by atoms with Crippen LogP contribution in [0.25, 0.3) is 88.7 Å². The fraction of sp³-hybridized carbons (Fsp3) is 0.0476. The highest BCUT2D eigenvalue weighted by molar-refractivity contribution is 6.09. The Morgan fingerprint density at radius 1 is 0.338 bits per heavy atom. The van der Waals surface area contributed by atoms with Gasteiger partial charge in [0.1, 0.15) is 11.2 Å². The first-order valence-electron chi connectivity index (χ1n) is 22.5. The smallest absolute Gasteiger partial charge is 0.143 e. The van der Waals surface area contributed by atoms with Gasteiger partial charge in [0, 0.05) is 38.7 Å². The number of fused-ring (bicyclic) bond motifs is 6. The average molecular weight is 832 g/mol. The molecule has 10 aromatic carbocycles. The third-order valence-electron chi connectivity index (χ3n) is 13.5. The molecule has 0 bridgehead atoms. The van der Waals surface area contributed by atoms with Gasteiger partial charge in [-0.05, 0) is 121 Å². The van der Waals surface area contributed by atoms with E-state index >= 15 is 0 Å². The Morgan fingerprint density at radius 2 is 0.815 bits per heavy atom. The standard InChI is InChI=1S/C63H45NO/c1-63(2)58-41-59(54(45-22-11-5-12-23-45)40-56(58)57-39-48(43-20-9-4-10-21-43)38-55(61(57)63)46-24-13-6-14-25-46)64(49-34-30-44(31-35-49)42-18-7-3-8-19-42)50-36-32-47(33-37-50)51-27-17-28-53-52-26-15-16-29-60(52)65-62(51)53/h3-41H,1-2H3. The zero-order valence-corrected chi connectivity index (χ0v) is 36.4. The van der Waals surface area contributed by atoms with Crippen molar-refractivity contribution in [2.75, 3.05) is 4.90 Å². The van der Waals surface area contributed by atoms with Crippen LogP contribution in [0.15, 0.2) is 241 Å². The highest BCUT2D eigenvalue weighted by Crippen LogP contribution is 2.57. The molecule has 0 unspecified atom stereocenters. The molecule has 0 amide bonds. The largest absolute Gasteiger partial charge is 0.455 e. The van der Waals surface area contributed by atoms with E-state index in [4.69, 9.17) is 4.42 Å². The van der Waals surface area contributed by atoms with Crippen LogP contribution in [0.1, 0.15) is 25.0 Å². The van der Waals surface area contributed by atoms with Crippen LogP contribution in [0.3, 0.4) is 0 Å². The molecular weight excluding hydrogens is 787 g/mol. The van der Waals surface area contributed by atoms with Crippen LogP contribution in [0.2, 0.25) is 0 Å². The number of rotatable bonds is 8. The van der Waals surface area contributed by atoms with Crippen LogP contribution in [0, 0.1) is 0 Å². The van der Waals surface area contributed by atoms with Crippen molar-refractivity contribution in [2.45, 2.75) is 19.3 Å². The second-order valence-electron chi connectivity index (χ2n) is 17.7. The molecule has 1 aromatic heterocycles. The third kappa shape index (κ3) is 6.57. The summed E-state index contributed by atoms with van der Waals surface area (Å²) in [6, 6.07) is 85.9. The Labute approximate surface area is 380 Å². The lowest BCUT2D eigenvalue weighted by Crippen LogP contribution is -2.18. The van der Waals surface area contributed by atoms with Gasteiger partial charge >= 0.3 is 0 Å². The molecule has 1 aliphatic rings. The predicted molar refractivity (Wildman–Crippen MR) is 273 cm³/mol. The van der Waals surface area contributed by atoms with Gasteiger partial charge in [0.15, 0.2) is 0 Å². The minimum absolute atomic E-state index is 0.313. The molecule has 11 aromatic rings. The Morgan fingerprint density at radius 3 is 1.45 bits per heavy atom. The number of hydrogen-bond donors (Lipinski definition) is 0. The maximum Gasteiger partial charge on any atom is 0.143 e. The second-order valence-corrected chi connectivity index (χ2v) is 17.7. The van der Waals surface area contributed by atoms with Crippen LogP contribution >= 0.6 is 0 Å². The van der Waals surface area contributed by atoms with Crippen LogP contribution < -0.4 is 4.90 Å². The molecule has 308 valence electrons. The Bertz CT molecular complexity index is 3520. The minimum Gasteiger partial charge on any atom is -0.455 e. The van der Waals surface area contributed by atoms with E-state index in [9.17, 15) is 0 Å². The zero-order chi connectivity index (χ0) is 43.5. The lowest BCUT2D eigenvalue weighted by Gasteiger charge is -2.31. The van der Waals surface area contributed by atoms with Gasteiger partial charge in [-0.25, -0.2) is 0 Å². The maximum atomic E-state index is 6.51. The van der Waals surface area contributed by atoms with Crippen LogP contribution in [0.4, 0.5) is 17.1 Å². The number of benzene rings is 10. The number of furan rings is 1. The van der Waals surface area contributed by atoms with Gasteiger partial charge in [0.05, 0.1) is 5.69 Å². The van der Waals surface area contributed by atoms with Gasteiger partial charge in [0.25, 0.3) is 0 Å². The fourth-order valence-electron chi connectivity index (χ4n) is 10.3. The zero-order valence-electron chi connectivity index (χ0n) is 36.4. The molecule has 65 heavy (non-hydrogen) atoms.